The third-order valence-electron chi connectivity index (χ3n) is 3.34. The number of carbonyl (C=O) groups excluding carboxylic acids is 1. The monoisotopic (exact) mass is 287 g/mol. The first kappa shape index (κ1) is 13.6. The number of nitrogens with zero attached hydrogens (tertiary/aromatic N) is 2. The standard InChI is InChI=1S/C15H17N3O3/c19-15(4-3-13-2-1-8-21-13)16-6-7-18-14-5-9-20-11-12(14)10-17-18/h1-4,8,10H,5-7,9,11H2,(H,16,19)/b4-3+. The second-order valence-electron chi connectivity index (χ2n) is 4.78. The predicted molar refractivity (Wildman–Crippen MR) is 76.3 cm³/mol. The summed E-state index contributed by atoms with van der Waals surface area (Å²) in [4.78, 5) is 11.7. The second kappa shape index (κ2) is 6.41. The topological polar surface area (TPSA) is 69.3 Å². The lowest BCUT2D eigenvalue weighted by molar-refractivity contribution is -0.116. The number of ether oxygens (including phenoxy) is 1. The van der Waals surface area contributed by atoms with E-state index in [9.17, 15) is 4.79 Å². The first-order chi connectivity index (χ1) is 10.3. The molecule has 0 aromatic carbocycles. The van der Waals surface area contributed by atoms with Gasteiger partial charge in [-0.15, -0.1) is 0 Å². The van der Waals surface area contributed by atoms with Gasteiger partial charge in [0.2, 0.25) is 5.91 Å². The van der Waals surface area contributed by atoms with Crippen LogP contribution in [0.3, 0.4) is 0 Å². The van der Waals surface area contributed by atoms with Gasteiger partial charge in [-0.1, -0.05) is 0 Å². The van der Waals surface area contributed by atoms with Crippen LogP contribution in [0.5, 0.6) is 0 Å². The lowest BCUT2D eigenvalue weighted by Gasteiger charge is -2.14. The number of rotatable bonds is 5. The number of nitrogens with one attached hydrogen (secondary N) is 1. The van der Waals surface area contributed by atoms with Gasteiger partial charge >= 0.3 is 0 Å². The highest BCUT2D eigenvalue weighted by Crippen LogP contribution is 2.15. The highest BCUT2D eigenvalue weighted by molar-refractivity contribution is 5.91. The van der Waals surface area contributed by atoms with Crippen molar-refractivity contribution in [3.8, 4) is 0 Å². The zero-order valence-electron chi connectivity index (χ0n) is 11.6. The van der Waals surface area contributed by atoms with Gasteiger partial charge in [0.1, 0.15) is 5.76 Å². The van der Waals surface area contributed by atoms with Gasteiger partial charge in [0.05, 0.1) is 32.2 Å². The SMILES string of the molecule is O=C(/C=C/c1ccco1)NCCn1ncc2c1CCOC2. The van der Waals surface area contributed by atoms with Gasteiger partial charge in [-0.3, -0.25) is 9.48 Å². The number of hydrogen-bond donors (Lipinski definition) is 1. The molecule has 1 amide bonds. The Morgan fingerprint density at radius 2 is 2.48 bits per heavy atom. The molecule has 6 heteroatoms. The summed E-state index contributed by atoms with van der Waals surface area (Å²) < 4.78 is 12.4. The van der Waals surface area contributed by atoms with E-state index in [1.165, 1.54) is 11.8 Å². The Kier molecular flexibility index (Phi) is 4.16. The molecule has 3 heterocycles. The maximum atomic E-state index is 11.7. The molecule has 6 nitrogen and oxygen atoms in total. The predicted octanol–water partition coefficient (Wildman–Crippen LogP) is 1.38. The number of hydrogen-bond acceptors (Lipinski definition) is 4. The lowest BCUT2D eigenvalue weighted by atomic mass is 10.2. The highest BCUT2D eigenvalue weighted by Gasteiger charge is 2.14. The van der Waals surface area contributed by atoms with E-state index in [0.29, 0.717) is 25.5 Å². The number of amides is 1. The van der Waals surface area contributed by atoms with Crippen LogP contribution in [0, 0.1) is 0 Å². The molecule has 0 fully saturated rings. The fraction of sp³-hybridized carbons (Fsp3) is 0.333. The van der Waals surface area contributed by atoms with Gasteiger partial charge in [-0.25, -0.2) is 0 Å². The van der Waals surface area contributed by atoms with Gasteiger partial charge in [0, 0.05) is 30.3 Å². The van der Waals surface area contributed by atoms with E-state index < -0.39 is 0 Å². The molecule has 1 N–H and O–H groups in total. The largest absolute Gasteiger partial charge is 0.465 e. The van der Waals surface area contributed by atoms with Crippen LogP contribution in [0.2, 0.25) is 0 Å². The van der Waals surface area contributed by atoms with Crippen LogP contribution in [0.4, 0.5) is 0 Å². The summed E-state index contributed by atoms with van der Waals surface area (Å²) in [5.74, 6) is 0.516. The zero-order chi connectivity index (χ0) is 14.5. The Labute approximate surface area is 122 Å². The van der Waals surface area contributed by atoms with Gasteiger partial charge < -0.3 is 14.5 Å². The number of carbonyl (C=O) groups is 1. The Morgan fingerprint density at radius 1 is 1.52 bits per heavy atom. The molecule has 0 radical (unpaired) electrons. The normalized spacial score (nSPS) is 14.3. The molecule has 21 heavy (non-hydrogen) atoms. The van der Waals surface area contributed by atoms with Crippen molar-refractivity contribution in [1.82, 2.24) is 15.1 Å². The van der Waals surface area contributed by atoms with Crippen molar-refractivity contribution in [2.24, 2.45) is 0 Å². The summed E-state index contributed by atoms with van der Waals surface area (Å²) in [6.45, 7) is 2.57. The van der Waals surface area contributed by atoms with Crippen molar-refractivity contribution in [3.63, 3.8) is 0 Å². The Balaban J connectivity index is 1.47. The van der Waals surface area contributed by atoms with Crippen LogP contribution in [0.1, 0.15) is 17.0 Å². The molecule has 0 aliphatic carbocycles. The minimum absolute atomic E-state index is 0.143. The summed E-state index contributed by atoms with van der Waals surface area (Å²) in [6, 6.07) is 3.57. The molecule has 0 saturated carbocycles. The highest BCUT2D eigenvalue weighted by atomic mass is 16.5. The molecule has 0 bridgehead atoms. The molecule has 110 valence electrons. The van der Waals surface area contributed by atoms with E-state index in [1.54, 1.807) is 24.5 Å². The fourth-order valence-electron chi connectivity index (χ4n) is 2.29. The number of aromatic nitrogens is 2. The van der Waals surface area contributed by atoms with E-state index in [2.05, 4.69) is 10.4 Å². The van der Waals surface area contributed by atoms with Crippen molar-refractivity contribution in [1.29, 1.82) is 0 Å². The van der Waals surface area contributed by atoms with Crippen molar-refractivity contribution in [2.45, 2.75) is 19.6 Å². The summed E-state index contributed by atoms with van der Waals surface area (Å²) >= 11 is 0. The fourth-order valence-corrected chi connectivity index (χ4v) is 2.29. The van der Waals surface area contributed by atoms with E-state index >= 15 is 0 Å². The molecule has 0 unspecified atom stereocenters. The van der Waals surface area contributed by atoms with Crippen molar-refractivity contribution in [2.75, 3.05) is 13.2 Å². The average molecular weight is 287 g/mol. The molecule has 1 aliphatic rings. The van der Waals surface area contributed by atoms with E-state index in [1.807, 2.05) is 10.9 Å². The van der Waals surface area contributed by atoms with Crippen LogP contribution in [-0.2, 0) is 29.1 Å². The maximum Gasteiger partial charge on any atom is 0.244 e. The molecular formula is C15H17N3O3. The van der Waals surface area contributed by atoms with E-state index in [4.69, 9.17) is 9.15 Å². The minimum Gasteiger partial charge on any atom is -0.465 e. The third kappa shape index (κ3) is 3.41. The van der Waals surface area contributed by atoms with Crippen molar-refractivity contribution >= 4 is 12.0 Å². The van der Waals surface area contributed by atoms with Gasteiger partial charge in [0.15, 0.2) is 0 Å². The quantitative estimate of drug-likeness (QED) is 0.843. The second-order valence-corrected chi connectivity index (χ2v) is 4.78. The van der Waals surface area contributed by atoms with Crippen molar-refractivity contribution in [3.05, 3.63) is 47.7 Å². The first-order valence-electron chi connectivity index (χ1n) is 6.93. The summed E-state index contributed by atoms with van der Waals surface area (Å²) in [5.41, 5.74) is 2.35. The summed E-state index contributed by atoms with van der Waals surface area (Å²) in [5, 5.41) is 7.16. The smallest absolute Gasteiger partial charge is 0.244 e. The molecule has 0 spiro atoms. The molecule has 1 aliphatic heterocycles. The molecular weight excluding hydrogens is 270 g/mol. The van der Waals surface area contributed by atoms with E-state index in [-0.39, 0.29) is 5.91 Å². The lowest BCUT2D eigenvalue weighted by Crippen LogP contribution is -2.26. The minimum atomic E-state index is -0.143. The number of furan rings is 1. The van der Waals surface area contributed by atoms with Crippen LogP contribution < -0.4 is 5.32 Å². The molecule has 0 saturated heterocycles. The van der Waals surface area contributed by atoms with Crippen molar-refractivity contribution < 1.29 is 13.9 Å². The average Bonchev–Trinajstić information content (AvgIpc) is 3.15. The number of fused-ring (bicyclic) bond motifs is 1. The molecule has 2 aromatic heterocycles. The van der Waals surface area contributed by atoms with Crippen LogP contribution in [-0.4, -0.2) is 28.8 Å². The maximum absolute atomic E-state index is 11.7. The zero-order valence-corrected chi connectivity index (χ0v) is 11.6. The van der Waals surface area contributed by atoms with Crippen LogP contribution in [0.15, 0.2) is 35.1 Å². The Bertz CT molecular complexity index is 629. The van der Waals surface area contributed by atoms with Gasteiger partial charge in [-0.05, 0) is 18.2 Å². The van der Waals surface area contributed by atoms with Crippen LogP contribution in [0.25, 0.3) is 6.08 Å². The molecule has 2 aromatic rings. The first-order valence-corrected chi connectivity index (χ1v) is 6.93. The Morgan fingerprint density at radius 3 is 3.33 bits per heavy atom. The van der Waals surface area contributed by atoms with E-state index in [0.717, 1.165) is 18.6 Å². The Hall–Kier alpha value is -2.34. The van der Waals surface area contributed by atoms with Crippen LogP contribution >= 0.6 is 0 Å². The summed E-state index contributed by atoms with van der Waals surface area (Å²) in [7, 11) is 0. The van der Waals surface area contributed by atoms with Gasteiger partial charge in [0.25, 0.3) is 0 Å². The molecule has 3 rings (SSSR count). The van der Waals surface area contributed by atoms with Gasteiger partial charge in [-0.2, -0.15) is 5.10 Å². The summed E-state index contributed by atoms with van der Waals surface area (Å²) in [6.07, 6.45) is 7.39. The third-order valence-corrected chi connectivity index (χ3v) is 3.34. The molecule has 0 atom stereocenters.